The maximum Gasteiger partial charge on any atom is 0.254 e. The number of methoxy groups -OCH3 is 1. The number of amides is 1. The van der Waals surface area contributed by atoms with Gasteiger partial charge in [-0.1, -0.05) is 11.6 Å². The number of aryl methyl sites for hydroxylation is 2. The van der Waals surface area contributed by atoms with Crippen molar-refractivity contribution in [2.24, 2.45) is 0 Å². The summed E-state index contributed by atoms with van der Waals surface area (Å²) in [4.78, 5) is 22.1. The first kappa shape index (κ1) is 18.3. The topological polar surface area (TPSA) is 45.7 Å². The molecule has 0 N–H and O–H groups in total. The molecule has 0 aliphatic carbocycles. The van der Waals surface area contributed by atoms with E-state index in [2.05, 4.69) is 28.1 Å². The Morgan fingerprint density at radius 2 is 1.68 bits per heavy atom. The lowest BCUT2D eigenvalue weighted by Crippen LogP contribution is -2.48. The summed E-state index contributed by atoms with van der Waals surface area (Å²) in [6.07, 6.45) is 0. The number of ether oxygens (including phenoxy) is 1. The van der Waals surface area contributed by atoms with Crippen LogP contribution in [0.3, 0.4) is 0 Å². The van der Waals surface area contributed by atoms with Crippen LogP contribution in [-0.4, -0.2) is 49.1 Å². The zero-order valence-corrected chi connectivity index (χ0v) is 16.6. The lowest BCUT2D eigenvalue weighted by Gasteiger charge is -2.36. The van der Waals surface area contributed by atoms with Crippen LogP contribution in [0.15, 0.2) is 48.5 Å². The fourth-order valence-electron chi connectivity index (χ4n) is 3.78. The second kappa shape index (κ2) is 7.50. The number of aromatic nitrogens is 1. The predicted octanol–water partition coefficient (Wildman–Crippen LogP) is 3.82. The predicted molar refractivity (Wildman–Crippen MR) is 112 cm³/mol. The van der Waals surface area contributed by atoms with Crippen LogP contribution in [0, 0.1) is 13.8 Å². The van der Waals surface area contributed by atoms with Crippen molar-refractivity contribution in [3.05, 3.63) is 65.4 Å². The summed E-state index contributed by atoms with van der Waals surface area (Å²) in [5.41, 5.74) is 4.80. The van der Waals surface area contributed by atoms with Gasteiger partial charge in [0.2, 0.25) is 0 Å². The lowest BCUT2D eigenvalue weighted by atomic mass is 10.0. The zero-order chi connectivity index (χ0) is 19.7. The molecule has 0 atom stereocenters. The highest BCUT2D eigenvalue weighted by molar-refractivity contribution is 6.06. The van der Waals surface area contributed by atoms with Gasteiger partial charge in [0.05, 0.1) is 18.2 Å². The van der Waals surface area contributed by atoms with Crippen LogP contribution < -0.4 is 9.64 Å². The van der Waals surface area contributed by atoms with Crippen LogP contribution in [0.2, 0.25) is 0 Å². The summed E-state index contributed by atoms with van der Waals surface area (Å²) >= 11 is 0. The molecule has 2 heterocycles. The molecule has 1 saturated heterocycles. The quantitative estimate of drug-likeness (QED) is 0.698. The Morgan fingerprint density at radius 1 is 0.964 bits per heavy atom. The Morgan fingerprint density at radius 3 is 2.36 bits per heavy atom. The third-order valence-corrected chi connectivity index (χ3v) is 5.33. The molecule has 1 aromatic heterocycles. The highest BCUT2D eigenvalue weighted by Gasteiger charge is 2.24. The minimum absolute atomic E-state index is 0.0930. The molecule has 5 nitrogen and oxygen atoms in total. The maximum atomic E-state index is 13.3. The van der Waals surface area contributed by atoms with Gasteiger partial charge in [0.25, 0.3) is 5.91 Å². The second-order valence-corrected chi connectivity index (χ2v) is 7.31. The van der Waals surface area contributed by atoms with Crippen LogP contribution in [-0.2, 0) is 0 Å². The molecule has 144 valence electrons. The molecule has 28 heavy (non-hydrogen) atoms. The van der Waals surface area contributed by atoms with E-state index in [1.54, 1.807) is 7.11 Å². The third-order valence-electron chi connectivity index (χ3n) is 5.33. The number of piperazine rings is 1. The van der Waals surface area contributed by atoms with Gasteiger partial charge in [-0.2, -0.15) is 0 Å². The number of hydrogen-bond acceptors (Lipinski definition) is 4. The molecular weight excluding hydrogens is 350 g/mol. The van der Waals surface area contributed by atoms with Crippen LogP contribution in [0.25, 0.3) is 10.9 Å². The Bertz CT molecular complexity index is 1010. The monoisotopic (exact) mass is 375 g/mol. The van der Waals surface area contributed by atoms with E-state index >= 15 is 0 Å². The van der Waals surface area contributed by atoms with Crippen molar-refractivity contribution in [1.29, 1.82) is 0 Å². The molecule has 0 spiro atoms. The first-order valence-corrected chi connectivity index (χ1v) is 9.61. The summed E-state index contributed by atoms with van der Waals surface area (Å²) in [7, 11) is 1.67. The van der Waals surface area contributed by atoms with Gasteiger partial charge in [0.1, 0.15) is 5.75 Å². The number of nitrogens with zero attached hydrogens (tertiary/aromatic N) is 3. The molecule has 4 rings (SSSR count). The standard InChI is InChI=1S/C23H25N3O2/c1-16-4-9-22-20(14-16)21(15-17(2)24-22)23(27)26-12-10-25(11-13-26)18-5-7-19(28-3)8-6-18/h4-9,14-15H,10-13H2,1-3H3. The zero-order valence-electron chi connectivity index (χ0n) is 16.6. The maximum absolute atomic E-state index is 13.3. The third kappa shape index (κ3) is 3.52. The van der Waals surface area contributed by atoms with E-state index in [0.717, 1.165) is 52.3 Å². The van der Waals surface area contributed by atoms with Gasteiger partial charge in [-0.3, -0.25) is 9.78 Å². The summed E-state index contributed by atoms with van der Waals surface area (Å²) < 4.78 is 5.23. The number of rotatable bonds is 3. The Kier molecular flexibility index (Phi) is 4.90. The van der Waals surface area contributed by atoms with E-state index in [1.165, 1.54) is 0 Å². The van der Waals surface area contributed by atoms with E-state index in [1.807, 2.05) is 49.1 Å². The highest BCUT2D eigenvalue weighted by Crippen LogP contribution is 2.24. The molecule has 0 unspecified atom stereocenters. The number of carbonyl (C=O) groups is 1. The molecule has 0 radical (unpaired) electrons. The smallest absolute Gasteiger partial charge is 0.254 e. The lowest BCUT2D eigenvalue weighted by molar-refractivity contribution is 0.0748. The van der Waals surface area contributed by atoms with Crippen LogP contribution in [0.1, 0.15) is 21.6 Å². The molecule has 1 aliphatic heterocycles. The fourth-order valence-corrected chi connectivity index (χ4v) is 3.78. The average molecular weight is 375 g/mol. The molecule has 1 aliphatic rings. The average Bonchev–Trinajstić information content (AvgIpc) is 2.73. The van der Waals surface area contributed by atoms with Crippen molar-refractivity contribution in [1.82, 2.24) is 9.88 Å². The van der Waals surface area contributed by atoms with Gasteiger partial charge in [0.15, 0.2) is 0 Å². The van der Waals surface area contributed by atoms with Crippen LogP contribution >= 0.6 is 0 Å². The normalized spacial score (nSPS) is 14.4. The van der Waals surface area contributed by atoms with E-state index in [9.17, 15) is 4.79 Å². The number of benzene rings is 2. The Hall–Kier alpha value is -3.08. The molecule has 0 bridgehead atoms. The molecule has 2 aromatic carbocycles. The van der Waals surface area contributed by atoms with Gasteiger partial charge >= 0.3 is 0 Å². The van der Waals surface area contributed by atoms with Gasteiger partial charge in [0, 0.05) is 42.9 Å². The molecule has 1 fully saturated rings. The molecule has 1 amide bonds. The van der Waals surface area contributed by atoms with Crippen molar-refractivity contribution >= 4 is 22.5 Å². The first-order valence-electron chi connectivity index (χ1n) is 9.61. The van der Waals surface area contributed by atoms with E-state index in [0.29, 0.717) is 13.1 Å². The number of carbonyl (C=O) groups excluding carboxylic acids is 1. The largest absolute Gasteiger partial charge is 0.497 e. The van der Waals surface area contributed by atoms with Crippen molar-refractivity contribution in [2.75, 3.05) is 38.2 Å². The summed E-state index contributed by atoms with van der Waals surface area (Å²) in [6.45, 7) is 7.04. The minimum atomic E-state index is 0.0930. The van der Waals surface area contributed by atoms with E-state index in [4.69, 9.17) is 4.74 Å². The van der Waals surface area contributed by atoms with Crippen molar-refractivity contribution in [2.45, 2.75) is 13.8 Å². The number of anilines is 1. The van der Waals surface area contributed by atoms with E-state index < -0.39 is 0 Å². The van der Waals surface area contributed by atoms with Crippen molar-refractivity contribution in [3.8, 4) is 5.75 Å². The number of pyridine rings is 1. The first-order chi connectivity index (χ1) is 13.5. The highest BCUT2D eigenvalue weighted by atomic mass is 16.5. The molecule has 0 saturated carbocycles. The van der Waals surface area contributed by atoms with Crippen molar-refractivity contribution in [3.63, 3.8) is 0 Å². The van der Waals surface area contributed by atoms with Gasteiger partial charge in [-0.05, 0) is 56.3 Å². The van der Waals surface area contributed by atoms with Crippen LogP contribution in [0.4, 0.5) is 5.69 Å². The Labute approximate surface area is 165 Å². The van der Waals surface area contributed by atoms with Crippen molar-refractivity contribution < 1.29 is 9.53 Å². The Balaban J connectivity index is 1.52. The van der Waals surface area contributed by atoms with E-state index in [-0.39, 0.29) is 5.91 Å². The summed E-state index contributed by atoms with van der Waals surface area (Å²) in [5.74, 6) is 0.947. The SMILES string of the molecule is COc1ccc(N2CCN(C(=O)c3cc(C)nc4ccc(C)cc34)CC2)cc1. The van der Waals surface area contributed by atoms with Crippen LogP contribution in [0.5, 0.6) is 5.75 Å². The molecule has 5 heteroatoms. The van der Waals surface area contributed by atoms with Gasteiger partial charge in [-0.15, -0.1) is 0 Å². The molecular formula is C23H25N3O2. The summed E-state index contributed by atoms with van der Waals surface area (Å²) in [6, 6.07) is 16.1. The molecule has 3 aromatic rings. The fraction of sp³-hybridized carbons (Fsp3) is 0.304. The second-order valence-electron chi connectivity index (χ2n) is 7.31. The summed E-state index contributed by atoms with van der Waals surface area (Å²) in [5, 5.41) is 0.938. The minimum Gasteiger partial charge on any atom is -0.497 e. The number of fused-ring (bicyclic) bond motifs is 1. The van der Waals surface area contributed by atoms with Gasteiger partial charge in [-0.25, -0.2) is 0 Å². The van der Waals surface area contributed by atoms with Gasteiger partial charge < -0.3 is 14.5 Å². The number of hydrogen-bond donors (Lipinski definition) is 0.